The first-order chi connectivity index (χ1) is 19.3. The van der Waals surface area contributed by atoms with E-state index in [4.69, 9.17) is 4.74 Å². The van der Waals surface area contributed by atoms with E-state index >= 15 is 0 Å². The van der Waals surface area contributed by atoms with Gasteiger partial charge in [-0.25, -0.2) is 8.42 Å². The average Bonchev–Trinajstić information content (AvgIpc) is 3.43. The van der Waals surface area contributed by atoms with E-state index in [1.165, 1.54) is 4.31 Å². The number of fused-ring (bicyclic) bond motifs is 2. The van der Waals surface area contributed by atoms with Gasteiger partial charge < -0.3 is 19.1 Å². The number of anilines is 1. The average molecular weight is 563 g/mol. The molecule has 3 aliphatic heterocycles. The maximum absolute atomic E-state index is 13.4. The number of amides is 2. The van der Waals surface area contributed by atoms with Crippen molar-refractivity contribution in [3.05, 3.63) is 59.8 Å². The van der Waals surface area contributed by atoms with Gasteiger partial charge in [-0.2, -0.15) is 4.31 Å². The number of likely N-dealkylation sites (tertiary alicyclic amines) is 1. The molecule has 210 valence electrons. The third-order valence-electron chi connectivity index (χ3n) is 8.31. The number of sulfonamides is 1. The highest BCUT2D eigenvalue weighted by molar-refractivity contribution is 7.89. The number of hydrogen-bond donors (Lipinski definition) is 0. The maximum atomic E-state index is 13.4. The molecule has 4 heterocycles. The normalized spacial score (nSPS) is 21.4. The lowest BCUT2D eigenvalue weighted by Crippen LogP contribution is -2.43. The van der Waals surface area contributed by atoms with Crippen LogP contribution in [0.1, 0.15) is 37.3 Å². The van der Waals surface area contributed by atoms with Crippen molar-refractivity contribution in [3.8, 4) is 0 Å². The topological polar surface area (TPSA) is 92.2 Å². The van der Waals surface area contributed by atoms with Crippen LogP contribution in [0.5, 0.6) is 0 Å². The number of benzene rings is 2. The smallest absolute Gasteiger partial charge is 0.258 e. The first-order valence-electron chi connectivity index (χ1n) is 13.8. The standard InChI is InChI=1S/C30H34N4O5S/c1-21-7-5-6-12-34(21)29(35)20-32-19-22(24-8-3-4-9-28(24)32)17-26-25-18-23(10-11-27(25)31(2)30(26)36)40(37,38)33-13-15-39-16-14-33/h3-4,8-11,17-19,21H,5-7,12-16,20H2,1-2H3/b26-17-/t21-/m1/s1. The summed E-state index contributed by atoms with van der Waals surface area (Å²) < 4.78 is 35.4. The molecule has 6 rings (SSSR count). The molecule has 0 unspecified atom stereocenters. The molecule has 0 bridgehead atoms. The summed E-state index contributed by atoms with van der Waals surface area (Å²) in [5, 5.41) is 0.926. The molecule has 2 aromatic carbocycles. The van der Waals surface area contributed by atoms with E-state index < -0.39 is 10.0 Å². The van der Waals surface area contributed by atoms with Crippen LogP contribution in [0.4, 0.5) is 5.69 Å². The molecule has 0 N–H and O–H groups in total. The SMILES string of the molecule is C[C@@H]1CCCCN1C(=O)Cn1cc(/C=C2\C(=O)N(C)c3ccc(S(=O)(=O)N4CCOCC4)cc32)c2ccccc21. The van der Waals surface area contributed by atoms with E-state index in [1.807, 2.05) is 46.0 Å². The minimum atomic E-state index is -3.72. The molecule has 3 aliphatic rings. The molecule has 9 nitrogen and oxygen atoms in total. The molecule has 10 heteroatoms. The van der Waals surface area contributed by atoms with Gasteiger partial charge in [-0.15, -0.1) is 0 Å². The van der Waals surface area contributed by atoms with E-state index in [-0.39, 0.29) is 29.3 Å². The Balaban J connectivity index is 1.38. The highest BCUT2D eigenvalue weighted by atomic mass is 32.2. The van der Waals surface area contributed by atoms with Crippen LogP contribution in [0, 0.1) is 0 Å². The molecular formula is C30H34N4O5S. The lowest BCUT2D eigenvalue weighted by atomic mass is 10.0. The van der Waals surface area contributed by atoms with Crippen LogP contribution in [0.2, 0.25) is 0 Å². The van der Waals surface area contributed by atoms with Crippen LogP contribution in [-0.4, -0.2) is 79.9 Å². The van der Waals surface area contributed by atoms with Crippen LogP contribution in [-0.2, 0) is 30.9 Å². The number of piperidine rings is 1. The fraction of sp³-hybridized carbons (Fsp3) is 0.400. The highest BCUT2D eigenvalue weighted by Crippen LogP contribution is 2.39. The van der Waals surface area contributed by atoms with Crippen molar-refractivity contribution in [1.29, 1.82) is 0 Å². The van der Waals surface area contributed by atoms with E-state index in [9.17, 15) is 18.0 Å². The number of ether oxygens (including phenoxy) is 1. The summed E-state index contributed by atoms with van der Waals surface area (Å²) >= 11 is 0. The number of rotatable bonds is 5. The molecule has 0 saturated carbocycles. The van der Waals surface area contributed by atoms with Crippen LogP contribution in [0.3, 0.4) is 0 Å². The highest BCUT2D eigenvalue weighted by Gasteiger charge is 2.33. The van der Waals surface area contributed by atoms with Crippen molar-refractivity contribution in [2.24, 2.45) is 0 Å². The van der Waals surface area contributed by atoms with Crippen molar-refractivity contribution < 1.29 is 22.7 Å². The molecule has 0 spiro atoms. The summed E-state index contributed by atoms with van der Waals surface area (Å²) in [4.78, 5) is 30.3. The number of carbonyl (C=O) groups is 2. The molecule has 40 heavy (non-hydrogen) atoms. The van der Waals surface area contributed by atoms with Gasteiger partial charge in [-0.3, -0.25) is 9.59 Å². The van der Waals surface area contributed by atoms with Gasteiger partial charge in [0.05, 0.1) is 23.8 Å². The van der Waals surface area contributed by atoms with Gasteiger partial charge in [0.1, 0.15) is 6.54 Å². The van der Waals surface area contributed by atoms with Crippen molar-refractivity contribution >= 4 is 50.1 Å². The zero-order valence-electron chi connectivity index (χ0n) is 22.9. The second-order valence-corrected chi connectivity index (χ2v) is 12.7. The van der Waals surface area contributed by atoms with Gasteiger partial charge in [0, 0.05) is 66.5 Å². The number of nitrogens with zero attached hydrogens (tertiary/aromatic N) is 4. The molecule has 0 aliphatic carbocycles. The molecule has 2 amide bonds. The fourth-order valence-electron chi connectivity index (χ4n) is 6.05. The molecule has 2 saturated heterocycles. The van der Waals surface area contributed by atoms with Crippen molar-refractivity contribution in [2.75, 3.05) is 44.8 Å². The Labute approximate surface area is 234 Å². The zero-order valence-corrected chi connectivity index (χ0v) is 23.7. The first-order valence-corrected chi connectivity index (χ1v) is 15.3. The summed E-state index contributed by atoms with van der Waals surface area (Å²) in [6, 6.07) is 12.9. The maximum Gasteiger partial charge on any atom is 0.258 e. The van der Waals surface area contributed by atoms with Crippen molar-refractivity contribution in [2.45, 2.75) is 43.7 Å². The largest absolute Gasteiger partial charge is 0.379 e. The predicted molar refractivity (Wildman–Crippen MR) is 154 cm³/mol. The van der Waals surface area contributed by atoms with Gasteiger partial charge in [-0.1, -0.05) is 18.2 Å². The van der Waals surface area contributed by atoms with Gasteiger partial charge in [0.2, 0.25) is 15.9 Å². The monoisotopic (exact) mass is 562 g/mol. The van der Waals surface area contributed by atoms with Crippen molar-refractivity contribution in [1.82, 2.24) is 13.8 Å². The first kappa shape index (κ1) is 26.7. The summed E-state index contributed by atoms with van der Waals surface area (Å²) in [5.74, 6) is -0.113. The molecule has 3 aromatic rings. The van der Waals surface area contributed by atoms with Gasteiger partial charge in [0.15, 0.2) is 0 Å². The summed E-state index contributed by atoms with van der Waals surface area (Å²) in [7, 11) is -2.03. The lowest BCUT2D eigenvalue weighted by Gasteiger charge is -2.33. The zero-order chi connectivity index (χ0) is 28.0. The van der Waals surface area contributed by atoms with Gasteiger partial charge in [-0.05, 0) is 56.5 Å². The van der Waals surface area contributed by atoms with E-state index in [2.05, 4.69) is 6.92 Å². The fourth-order valence-corrected chi connectivity index (χ4v) is 7.48. The summed E-state index contributed by atoms with van der Waals surface area (Å²) in [5.41, 5.74) is 3.39. The lowest BCUT2D eigenvalue weighted by molar-refractivity contribution is -0.135. The van der Waals surface area contributed by atoms with Crippen LogP contribution >= 0.6 is 0 Å². The van der Waals surface area contributed by atoms with E-state index in [0.29, 0.717) is 43.1 Å². The van der Waals surface area contributed by atoms with Crippen LogP contribution < -0.4 is 4.90 Å². The molecule has 1 atom stereocenters. The number of carbonyl (C=O) groups excluding carboxylic acids is 2. The minimum absolute atomic E-state index is 0.0899. The quantitative estimate of drug-likeness (QED) is 0.444. The van der Waals surface area contributed by atoms with Crippen LogP contribution in [0.25, 0.3) is 22.6 Å². The summed E-state index contributed by atoms with van der Waals surface area (Å²) in [6.07, 6.45) is 6.94. The molecule has 0 radical (unpaired) electrons. The Hall–Kier alpha value is -3.47. The molecule has 2 fully saturated rings. The minimum Gasteiger partial charge on any atom is -0.379 e. The Morgan fingerprint density at radius 3 is 2.62 bits per heavy atom. The van der Waals surface area contributed by atoms with Gasteiger partial charge >= 0.3 is 0 Å². The number of morpholine rings is 1. The third kappa shape index (κ3) is 4.63. The van der Waals surface area contributed by atoms with Gasteiger partial charge in [0.25, 0.3) is 5.91 Å². The molecule has 1 aromatic heterocycles. The van der Waals surface area contributed by atoms with E-state index in [1.54, 1.807) is 30.1 Å². The number of aromatic nitrogens is 1. The Morgan fingerprint density at radius 2 is 1.85 bits per heavy atom. The Bertz CT molecular complexity index is 1620. The van der Waals surface area contributed by atoms with Crippen LogP contribution in [0.15, 0.2) is 53.6 Å². The Morgan fingerprint density at radius 1 is 1.07 bits per heavy atom. The molecular weight excluding hydrogens is 528 g/mol. The van der Waals surface area contributed by atoms with Crippen molar-refractivity contribution in [3.63, 3.8) is 0 Å². The predicted octanol–water partition coefficient (Wildman–Crippen LogP) is 3.58. The Kier molecular flexibility index (Phi) is 7.02. The second-order valence-electron chi connectivity index (χ2n) is 10.8. The second kappa shape index (κ2) is 10.5. The summed E-state index contributed by atoms with van der Waals surface area (Å²) in [6.45, 7) is 4.43. The number of para-hydroxylation sites is 1. The number of hydrogen-bond acceptors (Lipinski definition) is 5. The van der Waals surface area contributed by atoms with E-state index in [0.717, 1.165) is 42.3 Å². The number of likely N-dealkylation sites (N-methyl/N-ethyl adjacent to an activating group) is 1. The third-order valence-corrected chi connectivity index (χ3v) is 10.2.